The molecule has 0 amide bonds. The fourth-order valence-corrected chi connectivity index (χ4v) is 4.92. The van der Waals surface area contributed by atoms with E-state index in [1.54, 1.807) is 35.9 Å². The van der Waals surface area contributed by atoms with Gasteiger partial charge in [0.25, 0.3) is 5.56 Å². The molecule has 2 aromatic carbocycles. The molecule has 1 saturated heterocycles. The van der Waals surface area contributed by atoms with Gasteiger partial charge in [-0.25, -0.2) is 19.7 Å². The molecule has 196 valence electrons. The Hall–Kier alpha value is -4.47. The van der Waals surface area contributed by atoms with E-state index in [0.717, 1.165) is 16.7 Å². The maximum absolute atomic E-state index is 13.5. The Bertz CT molecular complexity index is 1560. The van der Waals surface area contributed by atoms with E-state index >= 15 is 0 Å². The summed E-state index contributed by atoms with van der Waals surface area (Å²) in [5.41, 5.74) is 4.00. The van der Waals surface area contributed by atoms with E-state index in [-0.39, 0.29) is 17.2 Å². The minimum Gasteiger partial charge on any atom is -0.478 e. The van der Waals surface area contributed by atoms with Gasteiger partial charge in [-0.1, -0.05) is 18.2 Å². The van der Waals surface area contributed by atoms with E-state index in [9.17, 15) is 14.7 Å². The molecule has 1 aliphatic rings. The quantitative estimate of drug-likeness (QED) is 0.399. The third-order valence-electron chi connectivity index (χ3n) is 6.94. The maximum atomic E-state index is 13.5. The van der Waals surface area contributed by atoms with Crippen molar-refractivity contribution in [2.75, 3.05) is 41.3 Å². The largest absolute Gasteiger partial charge is 0.478 e. The van der Waals surface area contributed by atoms with Crippen LogP contribution in [0.15, 0.2) is 53.6 Å². The van der Waals surface area contributed by atoms with Gasteiger partial charge < -0.3 is 20.2 Å². The van der Waals surface area contributed by atoms with E-state index in [1.165, 1.54) is 0 Å². The predicted octanol–water partition coefficient (Wildman–Crippen LogP) is 3.54. The van der Waals surface area contributed by atoms with Crippen molar-refractivity contribution in [2.45, 2.75) is 26.8 Å². The summed E-state index contributed by atoms with van der Waals surface area (Å²) in [4.78, 5) is 43.4. The van der Waals surface area contributed by atoms with Crippen LogP contribution in [0.25, 0.3) is 10.9 Å². The smallest absolute Gasteiger partial charge is 0.337 e. The molecule has 0 unspecified atom stereocenters. The van der Waals surface area contributed by atoms with Crippen LogP contribution in [0.1, 0.15) is 40.0 Å². The number of aryl methyl sites for hydroxylation is 2. The van der Waals surface area contributed by atoms with Crippen LogP contribution in [0.3, 0.4) is 0 Å². The fourth-order valence-electron chi connectivity index (χ4n) is 4.92. The molecule has 2 aromatic heterocycles. The van der Waals surface area contributed by atoms with Gasteiger partial charge in [0.05, 0.1) is 22.5 Å². The van der Waals surface area contributed by atoms with Crippen molar-refractivity contribution in [1.82, 2.24) is 19.5 Å². The van der Waals surface area contributed by atoms with Gasteiger partial charge in [-0.15, -0.1) is 0 Å². The summed E-state index contributed by atoms with van der Waals surface area (Å²) in [6.07, 6.45) is 3.63. The molecule has 0 bridgehead atoms. The number of fused-ring (bicyclic) bond motifs is 1. The lowest BCUT2D eigenvalue weighted by Gasteiger charge is -2.36. The first-order chi connectivity index (χ1) is 18.2. The molecule has 3 heterocycles. The second-order valence-electron chi connectivity index (χ2n) is 9.78. The number of nitrogens with zero attached hydrogens (tertiary/aromatic N) is 6. The molecule has 0 spiro atoms. The average molecular weight is 514 g/mol. The summed E-state index contributed by atoms with van der Waals surface area (Å²) >= 11 is 0. The monoisotopic (exact) mass is 513 g/mol. The van der Waals surface area contributed by atoms with Crippen molar-refractivity contribution >= 4 is 34.5 Å². The van der Waals surface area contributed by atoms with Gasteiger partial charge in [0.1, 0.15) is 0 Å². The molecule has 0 radical (unpaired) electrons. The summed E-state index contributed by atoms with van der Waals surface area (Å²) in [5.74, 6) is 0.309. The Morgan fingerprint density at radius 1 is 1.00 bits per heavy atom. The number of hydrogen-bond donors (Lipinski definition) is 2. The molecular weight excluding hydrogens is 482 g/mol. The second-order valence-corrected chi connectivity index (χ2v) is 9.78. The number of piperazine rings is 1. The normalized spacial score (nSPS) is 14.5. The van der Waals surface area contributed by atoms with Gasteiger partial charge in [0.2, 0.25) is 11.9 Å². The summed E-state index contributed by atoms with van der Waals surface area (Å²) in [6.45, 7) is 8.62. The van der Waals surface area contributed by atoms with Gasteiger partial charge in [0, 0.05) is 56.9 Å². The Labute approximate surface area is 220 Å². The zero-order valence-electron chi connectivity index (χ0n) is 22.0. The fraction of sp³-hybridized carbons (Fsp3) is 0.321. The van der Waals surface area contributed by atoms with Crippen molar-refractivity contribution in [1.29, 1.82) is 0 Å². The average Bonchev–Trinajstić information content (AvgIpc) is 2.91. The number of aromatic nitrogens is 4. The maximum Gasteiger partial charge on any atom is 0.337 e. The van der Waals surface area contributed by atoms with Gasteiger partial charge in [-0.3, -0.25) is 9.36 Å². The van der Waals surface area contributed by atoms with E-state index < -0.39 is 5.97 Å². The second kappa shape index (κ2) is 10.1. The first kappa shape index (κ1) is 25.2. The highest BCUT2D eigenvalue weighted by Crippen LogP contribution is 2.29. The number of hydrogen-bond acceptors (Lipinski definition) is 8. The Morgan fingerprint density at radius 2 is 1.66 bits per heavy atom. The first-order valence-electron chi connectivity index (χ1n) is 12.6. The highest BCUT2D eigenvalue weighted by molar-refractivity contribution is 5.94. The molecule has 10 heteroatoms. The van der Waals surface area contributed by atoms with Crippen molar-refractivity contribution in [2.24, 2.45) is 7.05 Å². The van der Waals surface area contributed by atoms with Gasteiger partial charge in [0.15, 0.2) is 0 Å². The number of carboxylic acids is 1. The van der Waals surface area contributed by atoms with Gasteiger partial charge >= 0.3 is 5.97 Å². The Kier molecular flexibility index (Phi) is 6.71. The molecule has 10 nitrogen and oxygen atoms in total. The molecule has 0 saturated carbocycles. The molecule has 2 N–H and O–H groups in total. The van der Waals surface area contributed by atoms with Crippen LogP contribution in [0.5, 0.6) is 0 Å². The van der Waals surface area contributed by atoms with E-state index in [0.29, 0.717) is 54.7 Å². The minimum absolute atomic E-state index is 0.114. The molecular formula is C28H31N7O3. The number of carboxylic acid groups (broad SMARTS) is 1. The molecule has 1 fully saturated rings. The summed E-state index contributed by atoms with van der Waals surface area (Å²) < 4.78 is 1.61. The first-order valence-corrected chi connectivity index (χ1v) is 12.6. The molecule has 38 heavy (non-hydrogen) atoms. The van der Waals surface area contributed by atoms with Gasteiger partial charge in [-0.05, 0) is 50.1 Å². The minimum atomic E-state index is -1.00. The van der Waals surface area contributed by atoms with Gasteiger partial charge in [-0.2, -0.15) is 0 Å². The SMILES string of the molecule is Cc1cnc(N2CCN(c3nc4c([C@@H](C)Nc5ccccc5C(=O)O)cc(C)cc4c(=O)n3C)CC2)nc1. The lowest BCUT2D eigenvalue weighted by atomic mass is 10.0. The van der Waals surface area contributed by atoms with Crippen LogP contribution in [0.2, 0.25) is 0 Å². The Balaban J connectivity index is 1.48. The molecule has 4 aromatic rings. The molecule has 1 aliphatic heterocycles. The third kappa shape index (κ3) is 4.77. The standard InChI is InChI=1S/C28H31N7O3/c1-17-13-21(19(3)31-23-8-6-5-7-20(23)26(37)38)24-22(14-17)25(36)33(4)28(32-24)35-11-9-34(10-12-35)27-29-15-18(2)16-30-27/h5-8,13-16,19,31H,9-12H2,1-4H3,(H,37,38)/t19-/m1/s1. The zero-order chi connectivity index (χ0) is 27.0. The van der Waals surface area contributed by atoms with Crippen LogP contribution in [0, 0.1) is 13.8 Å². The lowest BCUT2D eigenvalue weighted by Crippen LogP contribution is -2.48. The number of anilines is 3. The Morgan fingerprint density at radius 3 is 2.34 bits per heavy atom. The van der Waals surface area contributed by atoms with Crippen LogP contribution < -0.4 is 20.7 Å². The topological polar surface area (TPSA) is 116 Å². The highest BCUT2D eigenvalue weighted by Gasteiger charge is 2.24. The summed E-state index contributed by atoms with van der Waals surface area (Å²) in [5, 5.41) is 13.5. The van der Waals surface area contributed by atoms with Crippen molar-refractivity contribution in [3.63, 3.8) is 0 Å². The van der Waals surface area contributed by atoms with Crippen molar-refractivity contribution < 1.29 is 9.90 Å². The lowest BCUT2D eigenvalue weighted by molar-refractivity contribution is 0.0698. The number of benzene rings is 2. The van der Waals surface area contributed by atoms with E-state index in [4.69, 9.17) is 4.98 Å². The van der Waals surface area contributed by atoms with Crippen LogP contribution in [-0.2, 0) is 7.05 Å². The number of para-hydroxylation sites is 1. The zero-order valence-corrected chi connectivity index (χ0v) is 22.0. The van der Waals surface area contributed by atoms with Crippen molar-refractivity contribution in [3.05, 3.63) is 81.4 Å². The third-order valence-corrected chi connectivity index (χ3v) is 6.94. The predicted molar refractivity (Wildman–Crippen MR) is 148 cm³/mol. The van der Waals surface area contributed by atoms with Crippen LogP contribution in [0.4, 0.5) is 17.6 Å². The molecule has 0 aliphatic carbocycles. The highest BCUT2D eigenvalue weighted by atomic mass is 16.4. The molecule has 1 atom stereocenters. The van der Waals surface area contributed by atoms with Crippen molar-refractivity contribution in [3.8, 4) is 0 Å². The molecule has 5 rings (SSSR count). The van der Waals surface area contributed by atoms with Crippen LogP contribution >= 0.6 is 0 Å². The summed E-state index contributed by atoms with van der Waals surface area (Å²) in [6, 6.07) is 10.4. The number of rotatable bonds is 6. The van der Waals surface area contributed by atoms with E-state index in [1.807, 2.05) is 45.3 Å². The number of carbonyl (C=O) groups is 1. The van der Waals surface area contributed by atoms with Crippen LogP contribution in [-0.4, -0.2) is 56.8 Å². The van der Waals surface area contributed by atoms with E-state index in [2.05, 4.69) is 25.1 Å². The number of nitrogens with one attached hydrogen (secondary N) is 1. The summed E-state index contributed by atoms with van der Waals surface area (Å²) in [7, 11) is 1.76. The number of aromatic carboxylic acids is 1.